The predicted molar refractivity (Wildman–Crippen MR) is 214 cm³/mol. The molecule has 0 aliphatic carbocycles. The first kappa shape index (κ1) is 47.3. The van der Waals surface area contributed by atoms with Crippen LogP contribution >= 0.6 is 0 Å². The summed E-state index contributed by atoms with van der Waals surface area (Å²) in [5, 5.41) is 23.2. The molecule has 16 nitrogen and oxygen atoms in total. The number of rotatable bonds is 27. The van der Waals surface area contributed by atoms with Crippen molar-refractivity contribution in [2.75, 3.05) is 19.6 Å². The second-order valence-electron chi connectivity index (χ2n) is 14.5. The quantitative estimate of drug-likeness (QED) is 0.0537. The zero-order valence-corrected chi connectivity index (χ0v) is 32.7. The molecule has 0 saturated carbocycles. The summed E-state index contributed by atoms with van der Waals surface area (Å²) in [6, 6.07) is 12.5. The maximum absolute atomic E-state index is 13.9. The smallest absolute Gasteiger partial charge is 0.326 e. The molecule has 16 heteroatoms. The van der Waals surface area contributed by atoms with Crippen molar-refractivity contribution in [3.8, 4) is 0 Å². The fourth-order valence-corrected chi connectivity index (χ4v) is 5.95. The zero-order valence-electron chi connectivity index (χ0n) is 32.7. The minimum absolute atomic E-state index is 0.0232. The Hall–Kier alpha value is -4.90. The molecule has 0 aliphatic heterocycles. The van der Waals surface area contributed by atoms with Gasteiger partial charge in [0.15, 0.2) is 0 Å². The lowest BCUT2D eigenvalue weighted by Crippen LogP contribution is -2.58. The van der Waals surface area contributed by atoms with Crippen molar-refractivity contribution < 1.29 is 33.9 Å². The van der Waals surface area contributed by atoms with Crippen molar-refractivity contribution in [1.82, 2.24) is 26.6 Å². The molecule has 0 aliphatic rings. The molecule has 0 saturated heterocycles. The van der Waals surface area contributed by atoms with Gasteiger partial charge >= 0.3 is 5.97 Å². The Morgan fingerprint density at radius 1 is 0.554 bits per heavy atom. The summed E-state index contributed by atoms with van der Waals surface area (Å²) in [4.78, 5) is 78.2. The summed E-state index contributed by atoms with van der Waals surface area (Å²) in [6.07, 6.45) is 3.10. The molecular weight excluding hydrogens is 718 g/mol. The van der Waals surface area contributed by atoms with E-state index in [4.69, 9.17) is 22.9 Å². The first-order valence-electron chi connectivity index (χ1n) is 19.5. The summed E-state index contributed by atoms with van der Waals surface area (Å²) in [5.74, 6) is -3.91. The minimum Gasteiger partial charge on any atom is -0.480 e. The van der Waals surface area contributed by atoms with Crippen molar-refractivity contribution in [3.05, 3.63) is 71.8 Å². The van der Waals surface area contributed by atoms with Gasteiger partial charge in [-0.15, -0.1) is 0 Å². The molecule has 5 amide bonds. The lowest BCUT2D eigenvalue weighted by atomic mass is 10.00. The van der Waals surface area contributed by atoms with Crippen molar-refractivity contribution in [3.63, 3.8) is 0 Å². The molecule has 2 aromatic rings. The molecule has 14 N–H and O–H groups in total. The molecule has 310 valence electrons. The molecule has 0 aromatic heterocycles. The van der Waals surface area contributed by atoms with Crippen LogP contribution in [0.5, 0.6) is 0 Å². The van der Waals surface area contributed by atoms with Crippen molar-refractivity contribution in [2.24, 2.45) is 28.9 Å². The number of carboxylic acid groups (broad SMARTS) is 1. The number of unbranched alkanes of at least 4 members (excludes halogenated alkanes) is 1. The van der Waals surface area contributed by atoms with Crippen LogP contribution in [0.2, 0.25) is 0 Å². The number of hydrogen-bond acceptors (Lipinski definition) is 10. The molecule has 0 heterocycles. The number of carbonyl (C=O) groups is 6. The van der Waals surface area contributed by atoms with E-state index in [1.807, 2.05) is 74.5 Å². The van der Waals surface area contributed by atoms with E-state index in [1.54, 1.807) is 0 Å². The SMILES string of the molecule is CC(C)C[C@@H](NC(=O)[C@@H](Cc1ccccc1)NC(=O)[C@H](N)Cc1ccccc1)C(=O)N[C@H](CCCN)C(=O)NCCCC[C@@H](NC(=O)[C@H](N)CCCN)C(=O)O. The monoisotopic (exact) mass is 781 g/mol. The van der Waals surface area contributed by atoms with E-state index in [1.165, 1.54) is 0 Å². The molecule has 0 bridgehead atoms. The molecule has 0 radical (unpaired) electrons. The summed E-state index contributed by atoms with van der Waals surface area (Å²) in [7, 11) is 0. The number of nitrogens with one attached hydrogen (secondary N) is 5. The number of hydrogen-bond donors (Lipinski definition) is 10. The average Bonchev–Trinajstić information content (AvgIpc) is 3.17. The Kier molecular flexibility index (Phi) is 22.0. The highest BCUT2D eigenvalue weighted by atomic mass is 16.4. The van der Waals surface area contributed by atoms with Gasteiger partial charge in [0, 0.05) is 13.0 Å². The fraction of sp³-hybridized carbons (Fsp3) is 0.550. The third-order valence-corrected chi connectivity index (χ3v) is 9.11. The Morgan fingerprint density at radius 3 is 1.61 bits per heavy atom. The van der Waals surface area contributed by atoms with Gasteiger partial charge in [0.25, 0.3) is 0 Å². The van der Waals surface area contributed by atoms with E-state index < -0.39 is 71.8 Å². The third-order valence-electron chi connectivity index (χ3n) is 9.11. The Labute approximate surface area is 330 Å². The van der Waals surface area contributed by atoms with Crippen LogP contribution in [0.25, 0.3) is 0 Å². The van der Waals surface area contributed by atoms with E-state index in [0.717, 1.165) is 11.1 Å². The maximum atomic E-state index is 13.9. The van der Waals surface area contributed by atoms with Gasteiger partial charge in [-0.25, -0.2) is 4.79 Å². The first-order chi connectivity index (χ1) is 26.7. The van der Waals surface area contributed by atoms with E-state index in [-0.39, 0.29) is 51.1 Å². The second kappa shape index (κ2) is 26.0. The Bertz CT molecular complexity index is 1510. The number of amides is 5. The van der Waals surface area contributed by atoms with Crippen LogP contribution in [0.3, 0.4) is 0 Å². The topological polar surface area (TPSA) is 287 Å². The summed E-state index contributed by atoms with van der Waals surface area (Å²) < 4.78 is 0. The van der Waals surface area contributed by atoms with E-state index in [9.17, 15) is 33.9 Å². The van der Waals surface area contributed by atoms with E-state index >= 15 is 0 Å². The fourth-order valence-electron chi connectivity index (χ4n) is 5.95. The normalized spacial score (nSPS) is 14.3. The van der Waals surface area contributed by atoms with Crippen molar-refractivity contribution in [1.29, 1.82) is 0 Å². The Balaban J connectivity index is 2.08. The molecule has 0 fully saturated rings. The van der Waals surface area contributed by atoms with Crippen LogP contribution in [0.15, 0.2) is 60.7 Å². The average molecular weight is 782 g/mol. The highest BCUT2D eigenvalue weighted by molar-refractivity contribution is 5.95. The van der Waals surface area contributed by atoms with Crippen LogP contribution in [0.4, 0.5) is 0 Å². The molecular formula is C40H63N9O7. The standard InChI is InChI=1S/C40H63N9O7/c1-26(2)23-33(49-39(54)34(25-28-15-7-4-8-16-28)48-36(51)30(44)24-27-13-5-3-6-14-27)38(53)46-31(19-12-21-42)37(52)45-22-10-9-18-32(40(55)56)47-35(50)29(43)17-11-20-41/h3-8,13-16,26,29-34H,9-12,17-25,41-44H2,1-2H3,(H,45,52)(H,46,53)(H,47,50)(H,48,51)(H,49,54)(H,55,56)/t29-,30-,31-,32-,33-,34-/m1/s1. The van der Waals surface area contributed by atoms with Gasteiger partial charge in [-0.05, 0) is 87.9 Å². The van der Waals surface area contributed by atoms with Gasteiger partial charge < -0.3 is 54.6 Å². The van der Waals surface area contributed by atoms with Crippen LogP contribution < -0.4 is 49.5 Å². The van der Waals surface area contributed by atoms with Crippen molar-refractivity contribution >= 4 is 35.5 Å². The highest BCUT2D eigenvalue weighted by Gasteiger charge is 2.31. The van der Waals surface area contributed by atoms with Crippen molar-refractivity contribution in [2.45, 2.75) is 114 Å². The van der Waals surface area contributed by atoms with E-state index in [2.05, 4.69) is 26.6 Å². The molecule has 56 heavy (non-hydrogen) atoms. The first-order valence-corrected chi connectivity index (χ1v) is 19.5. The summed E-state index contributed by atoms with van der Waals surface area (Å²) in [6.45, 7) is 4.62. The van der Waals surface area contributed by atoms with Crippen LogP contribution in [-0.4, -0.2) is 96.5 Å². The van der Waals surface area contributed by atoms with E-state index in [0.29, 0.717) is 38.6 Å². The molecule has 0 spiro atoms. The highest BCUT2D eigenvalue weighted by Crippen LogP contribution is 2.11. The van der Waals surface area contributed by atoms with Gasteiger partial charge in [0.1, 0.15) is 24.2 Å². The zero-order chi connectivity index (χ0) is 41.5. The maximum Gasteiger partial charge on any atom is 0.326 e. The van der Waals surface area contributed by atoms with Gasteiger partial charge in [-0.2, -0.15) is 0 Å². The lowest BCUT2D eigenvalue weighted by Gasteiger charge is -2.27. The summed E-state index contributed by atoms with van der Waals surface area (Å²) in [5.41, 5.74) is 24.9. The lowest BCUT2D eigenvalue weighted by molar-refractivity contribution is -0.142. The van der Waals surface area contributed by atoms with Gasteiger partial charge in [-0.1, -0.05) is 74.5 Å². The number of carbonyl (C=O) groups excluding carboxylic acids is 5. The minimum atomic E-state index is -1.19. The summed E-state index contributed by atoms with van der Waals surface area (Å²) >= 11 is 0. The molecule has 2 rings (SSSR count). The van der Waals surface area contributed by atoms with Crippen LogP contribution in [-0.2, 0) is 41.6 Å². The molecule has 0 unspecified atom stereocenters. The number of carboxylic acids is 1. The molecule has 6 atom stereocenters. The van der Waals surface area contributed by atoms with Gasteiger partial charge in [0.05, 0.1) is 12.1 Å². The number of benzene rings is 2. The van der Waals surface area contributed by atoms with Crippen LogP contribution in [0.1, 0.15) is 76.3 Å². The molecule has 2 aromatic carbocycles. The predicted octanol–water partition coefficient (Wildman–Crippen LogP) is -0.0394. The van der Waals surface area contributed by atoms with Crippen LogP contribution in [0, 0.1) is 5.92 Å². The number of nitrogens with two attached hydrogens (primary N) is 4. The van der Waals surface area contributed by atoms with Gasteiger partial charge in [-0.3, -0.25) is 24.0 Å². The Morgan fingerprint density at radius 2 is 1.04 bits per heavy atom. The second-order valence-corrected chi connectivity index (χ2v) is 14.5. The third kappa shape index (κ3) is 18.2. The van der Waals surface area contributed by atoms with Gasteiger partial charge in [0.2, 0.25) is 29.5 Å². The number of aliphatic carboxylic acids is 1. The largest absolute Gasteiger partial charge is 0.480 e.